The Bertz CT molecular complexity index is 551. The van der Waals surface area contributed by atoms with Gasteiger partial charge in [0.1, 0.15) is 0 Å². The number of aryl methyl sites for hydroxylation is 1. The number of rotatable bonds is 7. The van der Waals surface area contributed by atoms with Crippen molar-refractivity contribution in [1.29, 1.82) is 0 Å². The van der Waals surface area contributed by atoms with Crippen LogP contribution in [-0.2, 0) is 0 Å². The maximum Gasteiger partial charge on any atom is 0.271 e. The van der Waals surface area contributed by atoms with E-state index in [9.17, 15) is 10.1 Å². The minimum absolute atomic E-state index is 0.0323. The van der Waals surface area contributed by atoms with Gasteiger partial charge in [-0.2, -0.15) is 0 Å². The molecule has 0 bridgehead atoms. The zero-order chi connectivity index (χ0) is 17.7. The van der Waals surface area contributed by atoms with Crippen molar-refractivity contribution >= 4 is 23.0 Å². The Kier molecular flexibility index (Phi) is 6.83. The maximum absolute atomic E-state index is 10.9. The quantitative estimate of drug-likeness (QED) is 0.601. The first kappa shape index (κ1) is 19.0. The third-order valence-electron chi connectivity index (χ3n) is 4.59. The summed E-state index contributed by atoms with van der Waals surface area (Å²) in [5.74, 6) is 0.476. The molecule has 0 spiro atoms. The number of nitrogens with one attached hydrogen (secondary N) is 1. The number of piperazine rings is 1. The Balaban J connectivity index is 1.86. The largest absolute Gasteiger partial charge is 0.383 e. The second-order valence-corrected chi connectivity index (χ2v) is 7.00. The molecular weight excluding hydrogens is 328 g/mol. The van der Waals surface area contributed by atoms with E-state index in [1.54, 1.807) is 6.07 Å². The highest BCUT2D eigenvalue weighted by molar-refractivity contribution is 6.33. The number of benzene rings is 1. The highest BCUT2D eigenvalue weighted by Crippen LogP contribution is 2.30. The number of non-ortho nitro benzene ring substituents is 1. The topological polar surface area (TPSA) is 61.6 Å². The van der Waals surface area contributed by atoms with E-state index in [2.05, 4.69) is 29.0 Å². The molecule has 1 fully saturated rings. The van der Waals surface area contributed by atoms with Crippen molar-refractivity contribution < 1.29 is 4.92 Å². The van der Waals surface area contributed by atoms with E-state index in [-0.39, 0.29) is 5.69 Å². The van der Waals surface area contributed by atoms with Gasteiger partial charge in [-0.1, -0.05) is 25.4 Å². The first-order valence-electron chi connectivity index (χ1n) is 8.53. The number of hydrogen-bond acceptors (Lipinski definition) is 5. The van der Waals surface area contributed by atoms with Crippen LogP contribution in [0.3, 0.4) is 0 Å². The molecule has 0 saturated carbocycles. The molecule has 0 aromatic heterocycles. The number of nitrogens with zero attached hydrogens (tertiary/aromatic N) is 3. The minimum Gasteiger partial charge on any atom is -0.383 e. The van der Waals surface area contributed by atoms with Gasteiger partial charge in [-0.3, -0.25) is 10.1 Å². The molecule has 0 amide bonds. The Labute approximate surface area is 148 Å². The Hall–Kier alpha value is -1.37. The summed E-state index contributed by atoms with van der Waals surface area (Å²) in [4.78, 5) is 15.4. The Morgan fingerprint density at radius 2 is 1.92 bits per heavy atom. The van der Waals surface area contributed by atoms with Crippen LogP contribution in [0.25, 0.3) is 0 Å². The van der Waals surface area contributed by atoms with Gasteiger partial charge in [-0.05, 0) is 24.9 Å². The molecule has 0 aliphatic carbocycles. The average Bonchev–Trinajstić information content (AvgIpc) is 2.54. The smallest absolute Gasteiger partial charge is 0.271 e. The van der Waals surface area contributed by atoms with Crippen molar-refractivity contribution in [3.63, 3.8) is 0 Å². The molecule has 1 unspecified atom stereocenters. The monoisotopic (exact) mass is 354 g/mol. The summed E-state index contributed by atoms with van der Waals surface area (Å²) in [7, 11) is 0. The van der Waals surface area contributed by atoms with Gasteiger partial charge in [0.2, 0.25) is 0 Å². The van der Waals surface area contributed by atoms with E-state index < -0.39 is 4.92 Å². The molecule has 1 atom stereocenters. The summed E-state index contributed by atoms with van der Waals surface area (Å²) in [6, 6.07) is 2.97. The van der Waals surface area contributed by atoms with E-state index in [1.807, 2.05) is 6.92 Å². The van der Waals surface area contributed by atoms with Crippen molar-refractivity contribution in [3.8, 4) is 0 Å². The van der Waals surface area contributed by atoms with Crippen LogP contribution in [0.1, 0.15) is 19.4 Å². The van der Waals surface area contributed by atoms with E-state index in [0.717, 1.165) is 57.1 Å². The lowest BCUT2D eigenvalue weighted by molar-refractivity contribution is -0.384. The molecule has 1 aliphatic heterocycles. The van der Waals surface area contributed by atoms with Crippen LogP contribution in [-0.4, -0.2) is 60.5 Å². The van der Waals surface area contributed by atoms with Crippen LogP contribution in [0.15, 0.2) is 12.1 Å². The fourth-order valence-corrected chi connectivity index (χ4v) is 3.45. The van der Waals surface area contributed by atoms with Crippen molar-refractivity contribution in [2.24, 2.45) is 5.92 Å². The molecular formula is C17H27ClN4O2. The zero-order valence-corrected chi connectivity index (χ0v) is 15.5. The lowest BCUT2D eigenvalue weighted by Crippen LogP contribution is -2.47. The molecule has 1 aromatic carbocycles. The predicted molar refractivity (Wildman–Crippen MR) is 99.1 cm³/mol. The fourth-order valence-electron chi connectivity index (χ4n) is 3.13. The van der Waals surface area contributed by atoms with Crippen LogP contribution < -0.4 is 5.32 Å². The van der Waals surface area contributed by atoms with Crippen LogP contribution in [0.2, 0.25) is 5.02 Å². The van der Waals surface area contributed by atoms with Gasteiger partial charge in [0, 0.05) is 51.4 Å². The normalized spacial score (nSPS) is 17.7. The number of hydrogen-bond donors (Lipinski definition) is 1. The minimum atomic E-state index is -0.415. The molecule has 0 radical (unpaired) electrons. The first-order valence-corrected chi connectivity index (χ1v) is 8.91. The van der Waals surface area contributed by atoms with Gasteiger partial charge in [-0.15, -0.1) is 0 Å². The Morgan fingerprint density at radius 1 is 1.29 bits per heavy atom. The number of nitro benzene ring substituents is 1. The molecule has 24 heavy (non-hydrogen) atoms. The van der Waals surface area contributed by atoms with E-state index in [1.165, 1.54) is 6.07 Å². The molecule has 7 heteroatoms. The van der Waals surface area contributed by atoms with Crippen molar-refractivity contribution in [1.82, 2.24) is 9.80 Å². The van der Waals surface area contributed by atoms with Gasteiger partial charge in [0.15, 0.2) is 0 Å². The second kappa shape index (κ2) is 8.65. The summed E-state index contributed by atoms with van der Waals surface area (Å²) in [5, 5.41) is 14.6. The molecule has 1 N–H and O–H groups in total. The summed E-state index contributed by atoms with van der Waals surface area (Å²) in [6.07, 6.45) is 0. The van der Waals surface area contributed by atoms with E-state index >= 15 is 0 Å². The highest BCUT2D eigenvalue weighted by Gasteiger charge is 2.18. The number of likely N-dealkylation sites (N-methyl/N-ethyl adjacent to an activating group) is 1. The SMILES string of the molecule is CCN1CCN(CC(C)CNc2c(C)cc([N+](=O)[O-])cc2Cl)CC1. The van der Waals surface area contributed by atoms with Crippen LogP contribution >= 0.6 is 11.6 Å². The molecule has 1 aromatic rings. The zero-order valence-electron chi connectivity index (χ0n) is 14.7. The van der Waals surface area contributed by atoms with Gasteiger partial charge in [0.05, 0.1) is 15.6 Å². The summed E-state index contributed by atoms with van der Waals surface area (Å²) < 4.78 is 0. The van der Waals surface area contributed by atoms with Gasteiger partial charge >= 0.3 is 0 Å². The molecule has 6 nitrogen and oxygen atoms in total. The molecule has 2 rings (SSSR count). The summed E-state index contributed by atoms with van der Waals surface area (Å²) >= 11 is 6.20. The summed E-state index contributed by atoms with van der Waals surface area (Å²) in [5.41, 5.74) is 1.63. The van der Waals surface area contributed by atoms with E-state index in [4.69, 9.17) is 11.6 Å². The molecule has 1 saturated heterocycles. The van der Waals surface area contributed by atoms with Crippen molar-refractivity contribution in [2.75, 3.05) is 51.1 Å². The first-order chi connectivity index (χ1) is 11.4. The second-order valence-electron chi connectivity index (χ2n) is 6.60. The molecule has 1 aliphatic rings. The third kappa shape index (κ3) is 5.06. The highest BCUT2D eigenvalue weighted by atomic mass is 35.5. The summed E-state index contributed by atoms with van der Waals surface area (Å²) in [6.45, 7) is 13.8. The number of anilines is 1. The lowest BCUT2D eigenvalue weighted by Gasteiger charge is -2.35. The standard InChI is InChI=1S/C17H27ClN4O2/c1-4-20-5-7-21(8-6-20)12-13(2)11-19-17-14(3)9-15(22(23)24)10-16(17)18/h9-10,13,19H,4-8,11-12H2,1-3H3. The van der Waals surface area contributed by atoms with E-state index in [0.29, 0.717) is 10.9 Å². The Morgan fingerprint density at radius 3 is 2.46 bits per heavy atom. The predicted octanol–water partition coefficient (Wildman–Crippen LogP) is 3.24. The van der Waals surface area contributed by atoms with Crippen LogP contribution in [0.4, 0.5) is 11.4 Å². The number of nitro groups is 1. The number of halogens is 1. The van der Waals surface area contributed by atoms with Crippen LogP contribution in [0, 0.1) is 23.0 Å². The van der Waals surface area contributed by atoms with Gasteiger partial charge < -0.3 is 15.1 Å². The lowest BCUT2D eigenvalue weighted by atomic mass is 10.1. The van der Waals surface area contributed by atoms with Crippen molar-refractivity contribution in [3.05, 3.63) is 32.8 Å². The van der Waals surface area contributed by atoms with Crippen molar-refractivity contribution in [2.45, 2.75) is 20.8 Å². The third-order valence-corrected chi connectivity index (χ3v) is 4.89. The molecule has 1 heterocycles. The van der Waals surface area contributed by atoms with Gasteiger partial charge in [0.25, 0.3) is 5.69 Å². The molecule has 134 valence electrons. The van der Waals surface area contributed by atoms with Crippen LogP contribution in [0.5, 0.6) is 0 Å². The maximum atomic E-state index is 10.9. The fraction of sp³-hybridized carbons (Fsp3) is 0.647. The van der Waals surface area contributed by atoms with Gasteiger partial charge in [-0.25, -0.2) is 0 Å². The average molecular weight is 355 g/mol.